The van der Waals surface area contributed by atoms with Crippen molar-refractivity contribution in [3.05, 3.63) is 64.5 Å². The van der Waals surface area contributed by atoms with E-state index in [9.17, 15) is 14.5 Å². The smallest absolute Gasteiger partial charge is 0.258 e. The molecule has 0 aliphatic heterocycles. The summed E-state index contributed by atoms with van der Waals surface area (Å²) in [5.41, 5.74) is 1.29. The first-order valence-corrected chi connectivity index (χ1v) is 4.59. The van der Waals surface area contributed by atoms with Crippen LogP contribution >= 0.6 is 0 Å². The molecule has 2 rings (SSSR count). The van der Waals surface area contributed by atoms with Crippen LogP contribution in [-0.2, 0) is 0 Å². The van der Waals surface area contributed by atoms with E-state index in [0.717, 1.165) is 0 Å². The Morgan fingerprint density at radius 1 is 1.19 bits per heavy atom. The summed E-state index contributed by atoms with van der Waals surface area (Å²) in [6.45, 7) is 0. The average molecular weight is 216 g/mol. The highest BCUT2D eigenvalue weighted by Gasteiger charge is 2.05. The van der Waals surface area contributed by atoms with Crippen molar-refractivity contribution in [2.75, 3.05) is 0 Å². The van der Waals surface area contributed by atoms with Crippen molar-refractivity contribution in [2.45, 2.75) is 0 Å². The fourth-order valence-corrected chi connectivity index (χ4v) is 1.37. The Labute approximate surface area is 91.3 Å². The lowest BCUT2D eigenvalue weighted by Gasteiger charge is -2.00. The van der Waals surface area contributed by atoms with Crippen LogP contribution in [0.3, 0.4) is 0 Å². The van der Waals surface area contributed by atoms with Gasteiger partial charge in [0.1, 0.15) is 5.82 Å². The fraction of sp³-hybridized carbons (Fsp3) is 0. The molecule has 0 spiro atoms. The lowest BCUT2D eigenvalue weighted by molar-refractivity contribution is -0.384. The molecule has 0 atom stereocenters. The lowest BCUT2D eigenvalue weighted by atomic mass is 10.1. The molecule has 0 saturated carbocycles. The third kappa shape index (κ3) is 2.06. The molecule has 2 aromatic carbocycles. The van der Waals surface area contributed by atoms with Gasteiger partial charge in [-0.25, -0.2) is 4.39 Å². The van der Waals surface area contributed by atoms with Crippen LogP contribution in [0.2, 0.25) is 0 Å². The van der Waals surface area contributed by atoms with Crippen LogP contribution in [0.4, 0.5) is 10.1 Å². The van der Waals surface area contributed by atoms with Gasteiger partial charge in [0, 0.05) is 12.1 Å². The van der Waals surface area contributed by atoms with Crippen LogP contribution in [0.5, 0.6) is 0 Å². The van der Waals surface area contributed by atoms with E-state index in [1.165, 1.54) is 30.3 Å². The van der Waals surface area contributed by atoms with Crippen molar-refractivity contribution in [3.63, 3.8) is 0 Å². The maximum atomic E-state index is 12.9. The molecule has 0 aliphatic carbocycles. The number of rotatable bonds is 2. The summed E-state index contributed by atoms with van der Waals surface area (Å²) >= 11 is 0. The van der Waals surface area contributed by atoms with Gasteiger partial charge in [0.25, 0.3) is 5.69 Å². The van der Waals surface area contributed by atoms with Crippen molar-refractivity contribution in [1.29, 1.82) is 0 Å². The SMILES string of the molecule is O=[N+]([O-])c1ccc(-c2[c]ccc(F)c2)cc1. The van der Waals surface area contributed by atoms with Crippen molar-refractivity contribution in [1.82, 2.24) is 0 Å². The summed E-state index contributed by atoms with van der Waals surface area (Å²) in [5, 5.41) is 10.4. The second-order valence-electron chi connectivity index (χ2n) is 3.22. The molecule has 79 valence electrons. The van der Waals surface area contributed by atoms with Crippen LogP contribution in [0.1, 0.15) is 0 Å². The maximum Gasteiger partial charge on any atom is 0.269 e. The highest BCUT2D eigenvalue weighted by Crippen LogP contribution is 2.22. The molecule has 1 radical (unpaired) electrons. The van der Waals surface area contributed by atoms with E-state index in [0.29, 0.717) is 11.1 Å². The van der Waals surface area contributed by atoms with E-state index in [2.05, 4.69) is 6.07 Å². The number of hydrogen-bond donors (Lipinski definition) is 0. The number of nitro benzene ring substituents is 1. The summed E-state index contributed by atoms with van der Waals surface area (Å²) in [4.78, 5) is 9.97. The fourth-order valence-electron chi connectivity index (χ4n) is 1.37. The van der Waals surface area contributed by atoms with Crippen molar-refractivity contribution in [3.8, 4) is 11.1 Å². The highest BCUT2D eigenvalue weighted by atomic mass is 19.1. The molecule has 0 aliphatic rings. The van der Waals surface area contributed by atoms with Crippen LogP contribution in [0.15, 0.2) is 42.5 Å². The molecule has 0 unspecified atom stereocenters. The first-order chi connectivity index (χ1) is 7.66. The minimum absolute atomic E-state index is 0.0140. The number of halogens is 1. The summed E-state index contributed by atoms with van der Waals surface area (Å²) < 4.78 is 12.9. The quantitative estimate of drug-likeness (QED) is 0.571. The van der Waals surface area contributed by atoms with E-state index in [1.54, 1.807) is 12.1 Å². The van der Waals surface area contributed by atoms with Gasteiger partial charge in [-0.2, -0.15) is 0 Å². The van der Waals surface area contributed by atoms with Gasteiger partial charge in [-0.05, 0) is 41.5 Å². The van der Waals surface area contributed by atoms with E-state index in [1.807, 2.05) is 0 Å². The summed E-state index contributed by atoms with van der Waals surface area (Å²) in [6.07, 6.45) is 0. The highest BCUT2D eigenvalue weighted by molar-refractivity contribution is 5.64. The van der Waals surface area contributed by atoms with Gasteiger partial charge in [0.15, 0.2) is 0 Å². The summed E-state index contributed by atoms with van der Waals surface area (Å²) in [5.74, 6) is -0.355. The van der Waals surface area contributed by atoms with Gasteiger partial charge in [-0.3, -0.25) is 10.1 Å². The summed E-state index contributed by atoms with van der Waals surface area (Å²) in [7, 11) is 0. The minimum atomic E-state index is -0.473. The Kier molecular flexibility index (Phi) is 2.64. The Balaban J connectivity index is 2.38. The van der Waals surface area contributed by atoms with Crippen LogP contribution in [0.25, 0.3) is 11.1 Å². The lowest BCUT2D eigenvalue weighted by Crippen LogP contribution is -1.87. The first-order valence-electron chi connectivity index (χ1n) is 4.59. The molecule has 0 amide bonds. The van der Waals surface area contributed by atoms with E-state index in [-0.39, 0.29) is 11.5 Å². The van der Waals surface area contributed by atoms with Crippen molar-refractivity contribution >= 4 is 5.69 Å². The predicted molar refractivity (Wildman–Crippen MR) is 57.3 cm³/mol. The zero-order valence-corrected chi connectivity index (χ0v) is 8.18. The van der Waals surface area contributed by atoms with Gasteiger partial charge in [-0.15, -0.1) is 0 Å². The molecule has 0 N–H and O–H groups in total. The zero-order chi connectivity index (χ0) is 11.5. The largest absolute Gasteiger partial charge is 0.269 e. The van der Waals surface area contributed by atoms with E-state index in [4.69, 9.17) is 0 Å². The number of benzene rings is 2. The first kappa shape index (κ1) is 10.3. The Morgan fingerprint density at radius 3 is 2.44 bits per heavy atom. The monoisotopic (exact) mass is 216 g/mol. The molecule has 4 heteroatoms. The maximum absolute atomic E-state index is 12.9. The van der Waals surface area contributed by atoms with E-state index < -0.39 is 4.92 Å². The number of non-ortho nitro benzene ring substituents is 1. The van der Waals surface area contributed by atoms with Crippen LogP contribution in [-0.4, -0.2) is 4.92 Å². The second-order valence-corrected chi connectivity index (χ2v) is 3.22. The van der Waals surface area contributed by atoms with Crippen molar-refractivity contribution in [2.24, 2.45) is 0 Å². The molecule has 2 aromatic rings. The minimum Gasteiger partial charge on any atom is -0.258 e. The third-order valence-corrected chi connectivity index (χ3v) is 2.15. The summed E-state index contributed by atoms with van der Waals surface area (Å²) in [6, 6.07) is 12.9. The number of nitrogens with zero attached hydrogens (tertiary/aromatic N) is 1. The van der Waals surface area contributed by atoms with Gasteiger partial charge in [0.2, 0.25) is 0 Å². The van der Waals surface area contributed by atoms with Crippen LogP contribution in [0, 0.1) is 22.0 Å². The van der Waals surface area contributed by atoms with Gasteiger partial charge in [0.05, 0.1) is 4.92 Å². The van der Waals surface area contributed by atoms with Gasteiger partial charge < -0.3 is 0 Å². The number of hydrogen-bond acceptors (Lipinski definition) is 2. The Hall–Kier alpha value is -2.23. The van der Waals surface area contributed by atoms with Crippen LogP contribution < -0.4 is 0 Å². The van der Waals surface area contributed by atoms with Crippen molar-refractivity contribution < 1.29 is 9.31 Å². The second kappa shape index (κ2) is 4.10. The molecule has 0 heterocycles. The Morgan fingerprint density at radius 2 is 1.88 bits per heavy atom. The molecular formula is C12H7FNO2. The molecule has 0 fully saturated rings. The standard InChI is InChI=1S/C12H7FNO2/c13-11-3-1-2-10(8-11)9-4-6-12(7-5-9)14(15)16/h1,3-8H. The van der Waals surface area contributed by atoms with Gasteiger partial charge >= 0.3 is 0 Å². The topological polar surface area (TPSA) is 43.1 Å². The normalized spacial score (nSPS) is 10.1. The molecule has 0 aromatic heterocycles. The molecular weight excluding hydrogens is 209 g/mol. The van der Waals surface area contributed by atoms with Gasteiger partial charge in [-0.1, -0.05) is 6.07 Å². The average Bonchev–Trinajstić information content (AvgIpc) is 2.29. The Bertz CT molecular complexity index is 523. The molecule has 3 nitrogen and oxygen atoms in total. The molecule has 16 heavy (non-hydrogen) atoms. The van der Waals surface area contributed by atoms with E-state index >= 15 is 0 Å². The molecule has 0 saturated heterocycles. The third-order valence-electron chi connectivity index (χ3n) is 2.15. The predicted octanol–water partition coefficient (Wildman–Crippen LogP) is 3.20. The molecule has 0 bridgehead atoms. The zero-order valence-electron chi connectivity index (χ0n) is 8.18. The number of nitro groups is 1.